The third-order valence-corrected chi connectivity index (χ3v) is 13.0. The Morgan fingerprint density at radius 1 is 1.21 bits per heavy atom. The quantitative estimate of drug-likeness (QED) is 0.149. The number of aliphatic hydroxyl groups excluding tert-OH is 1. The van der Waals surface area contributed by atoms with Crippen molar-refractivity contribution in [1.29, 1.82) is 0 Å². The standard InChI is InChI=1S/C37H58N4O7/c1-5-22(2)34(44)48-36(3)10-6-9-29(28-15-32(38)40-19-27(28)14-33(43)41-20-23(21-41)18-39-4)37(36)17-26-13-25-12-24(8-7-11-42)35(45)46-30(25)16-31(26)47-37/h5-6,9,23-32,39-40,42H,7-8,10-21,38H2,1-4H3/p+2. The van der Waals surface area contributed by atoms with E-state index < -0.39 is 11.2 Å². The van der Waals surface area contributed by atoms with Crippen molar-refractivity contribution in [3.05, 3.63) is 23.8 Å². The highest BCUT2D eigenvalue weighted by Crippen LogP contribution is 2.60. The number of hydrogen-bond donors (Lipinski definition) is 4. The molecule has 48 heavy (non-hydrogen) atoms. The highest BCUT2D eigenvalue weighted by Gasteiger charge is 2.66. The molecule has 1 saturated carbocycles. The van der Waals surface area contributed by atoms with Crippen molar-refractivity contribution in [2.45, 2.75) is 108 Å². The van der Waals surface area contributed by atoms with Gasteiger partial charge in [-0.25, -0.2) is 4.79 Å². The first-order valence-corrected chi connectivity index (χ1v) is 18.7. The van der Waals surface area contributed by atoms with Crippen molar-refractivity contribution in [2.24, 2.45) is 47.2 Å². The van der Waals surface area contributed by atoms with Crippen LogP contribution in [-0.4, -0.2) is 97.3 Å². The van der Waals surface area contributed by atoms with Gasteiger partial charge in [0.1, 0.15) is 23.5 Å². The minimum atomic E-state index is -0.933. The van der Waals surface area contributed by atoms with Crippen LogP contribution in [0, 0.1) is 41.4 Å². The number of carbonyl (C=O) groups is 3. The van der Waals surface area contributed by atoms with Crippen molar-refractivity contribution >= 4 is 17.8 Å². The molecule has 11 heteroatoms. The van der Waals surface area contributed by atoms with Crippen LogP contribution in [0.2, 0.25) is 0 Å². The van der Waals surface area contributed by atoms with Gasteiger partial charge in [0, 0.05) is 68.7 Å². The molecular formula is C37H60N4O7+2. The van der Waals surface area contributed by atoms with Gasteiger partial charge in [0.05, 0.1) is 32.2 Å². The van der Waals surface area contributed by atoms with E-state index in [1.807, 2.05) is 18.7 Å². The van der Waals surface area contributed by atoms with Crippen LogP contribution in [0.4, 0.5) is 0 Å². The number of carbonyl (C=O) groups excluding carboxylic acids is 3. The van der Waals surface area contributed by atoms with Crippen LogP contribution in [0.5, 0.6) is 0 Å². The fourth-order valence-corrected chi connectivity index (χ4v) is 10.2. The summed E-state index contributed by atoms with van der Waals surface area (Å²) in [7, 11) is 2.08. The van der Waals surface area contributed by atoms with Crippen LogP contribution >= 0.6 is 0 Å². The monoisotopic (exact) mass is 672 g/mol. The Labute approximate surface area is 285 Å². The Morgan fingerprint density at radius 3 is 2.73 bits per heavy atom. The van der Waals surface area contributed by atoms with Gasteiger partial charge < -0.3 is 34.9 Å². The zero-order valence-corrected chi connectivity index (χ0v) is 29.5. The van der Waals surface area contributed by atoms with E-state index in [-0.39, 0.29) is 78.3 Å². The van der Waals surface area contributed by atoms with Crippen molar-refractivity contribution in [1.82, 2.24) is 4.90 Å². The number of likely N-dealkylation sites (tertiary alicyclic amines) is 1. The third-order valence-electron chi connectivity index (χ3n) is 13.0. The lowest BCUT2D eigenvalue weighted by molar-refractivity contribution is -0.706. The Kier molecular flexibility index (Phi) is 10.7. The summed E-state index contributed by atoms with van der Waals surface area (Å²) in [4.78, 5) is 42.0. The fraction of sp³-hybridized carbons (Fsp3) is 0.811. The van der Waals surface area contributed by atoms with Gasteiger partial charge in [-0.2, -0.15) is 0 Å². The maximum atomic E-state index is 13.6. The van der Waals surface area contributed by atoms with Crippen LogP contribution in [0.25, 0.3) is 0 Å². The van der Waals surface area contributed by atoms with Crippen LogP contribution in [0.3, 0.4) is 0 Å². The van der Waals surface area contributed by atoms with E-state index >= 15 is 0 Å². The van der Waals surface area contributed by atoms with Crippen LogP contribution in [0.1, 0.15) is 78.6 Å². The molecule has 4 aliphatic heterocycles. The van der Waals surface area contributed by atoms with Crippen molar-refractivity contribution < 1.29 is 44.3 Å². The Morgan fingerprint density at radius 2 is 2.00 bits per heavy atom. The number of hydrogen-bond acceptors (Lipinski definition) is 8. The molecule has 11 atom stereocenters. The summed E-state index contributed by atoms with van der Waals surface area (Å²) in [6.07, 6.45) is 11.9. The van der Waals surface area contributed by atoms with Gasteiger partial charge >= 0.3 is 11.9 Å². The average molecular weight is 673 g/mol. The van der Waals surface area contributed by atoms with Crippen molar-refractivity contribution in [2.75, 3.05) is 39.8 Å². The number of amides is 1. The SMILES string of the molecule is CC=C(C)C(=O)OC1(C)CC=CC(C2CC(N)[NH2+]CC2CC(=O)N2CC(C[NH2+]C)C2)C12CC1CC3CC(CCCO)C(=O)OC3CC1O2. The molecule has 6 rings (SSSR count). The van der Waals surface area contributed by atoms with E-state index in [9.17, 15) is 19.5 Å². The number of ether oxygens (including phenoxy) is 3. The van der Waals surface area contributed by atoms with Crippen LogP contribution in [0.15, 0.2) is 23.8 Å². The number of esters is 2. The normalized spacial score (nSPS) is 41.4. The van der Waals surface area contributed by atoms with Crippen molar-refractivity contribution in [3.63, 3.8) is 0 Å². The molecule has 1 spiro atoms. The molecule has 0 radical (unpaired) electrons. The Bertz CT molecular complexity index is 1270. The highest BCUT2D eigenvalue weighted by molar-refractivity contribution is 5.88. The number of fused-ring (bicyclic) bond motifs is 2. The van der Waals surface area contributed by atoms with Crippen LogP contribution in [-0.2, 0) is 28.6 Å². The van der Waals surface area contributed by atoms with Gasteiger partial charge in [-0.15, -0.1) is 0 Å². The molecule has 11 unspecified atom stereocenters. The van der Waals surface area contributed by atoms with E-state index in [0.717, 1.165) is 51.9 Å². The molecule has 11 nitrogen and oxygen atoms in total. The maximum Gasteiger partial charge on any atom is 0.334 e. The molecular weight excluding hydrogens is 612 g/mol. The molecule has 268 valence electrons. The summed E-state index contributed by atoms with van der Waals surface area (Å²) in [5, 5.41) is 13.7. The first-order chi connectivity index (χ1) is 23.0. The molecule has 6 aliphatic rings. The van der Waals surface area contributed by atoms with Gasteiger partial charge in [-0.3, -0.25) is 15.3 Å². The Balaban J connectivity index is 1.29. The number of nitrogens with two attached hydrogens (primary N) is 3. The second-order valence-electron chi connectivity index (χ2n) is 16.1. The van der Waals surface area contributed by atoms with Gasteiger partial charge in [0.2, 0.25) is 5.91 Å². The van der Waals surface area contributed by atoms with Gasteiger partial charge in [0.25, 0.3) is 0 Å². The lowest BCUT2D eigenvalue weighted by Crippen LogP contribution is -2.96. The second-order valence-corrected chi connectivity index (χ2v) is 16.1. The molecule has 0 aromatic rings. The van der Waals surface area contributed by atoms with E-state index in [1.165, 1.54) is 0 Å². The highest BCUT2D eigenvalue weighted by atomic mass is 16.6. The molecule has 2 aliphatic carbocycles. The largest absolute Gasteiger partial charge is 0.462 e. The van der Waals surface area contributed by atoms with E-state index in [0.29, 0.717) is 43.6 Å². The molecule has 7 N–H and O–H groups in total. The molecule has 4 heterocycles. The summed E-state index contributed by atoms with van der Waals surface area (Å²) in [6.45, 7) is 9.22. The summed E-state index contributed by atoms with van der Waals surface area (Å²) in [5.41, 5.74) is 5.47. The number of allylic oxidation sites excluding steroid dienone is 1. The lowest BCUT2D eigenvalue weighted by Gasteiger charge is -2.54. The first-order valence-electron chi connectivity index (χ1n) is 18.7. The summed E-state index contributed by atoms with van der Waals surface area (Å²) < 4.78 is 19.9. The van der Waals surface area contributed by atoms with Crippen molar-refractivity contribution in [3.8, 4) is 0 Å². The van der Waals surface area contributed by atoms with Gasteiger partial charge in [-0.1, -0.05) is 18.2 Å². The van der Waals surface area contributed by atoms with Gasteiger partial charge in [-0.05, 0) is 70.6 Å². The number of piperidine rings is 1. The second kappa shape index (κ2) is 14.5. The van der Waals surface area contributed by atoms with E-state index in [4.69, 9.17) is 19.9 Å². The molecule has 0 aromatic heterocycles. The fourth-order valence-electron chi connectivity index (χ4n) is 10.2. The summed E-state index contributed by atoms with van der Waals surface area (Å²) in [6, 6.07) is 0. The predicted molar refractivity (Wildman–Crippen MR) is 178 cm³/mol. The first kappa shape index (κ1) is 35.5. The molecule has 4 saturated heterocycles. The smallest absolute Gasteiger partial charge is 0.334 e. The zero-order chi connectivity index (χ0) is 34.2. The van der Waals surface area contributed by atoms with E-state index in [2.05, 4.69) is 29.8 Å². The number of rotatable bonds is 10. The predicted octanol–water partition coefficient (Wildman–Crippen LogP) is 0.615. The topological polar surface area (TPSA) is 162 Å². The van der Waals surface area contributed by atoms with Crippen LogP contribution < -0.4 is 16.4 Å². The lowest BCUT2D eigenvalue weighted by atomic mass is 9.58. The average Bonchev–Trinajstić information content (AvgIpc) is 3.41. The van der Waals surface area contributed by atoms with E-state index in [1.54, 1.807) is 13.0 Å². The summed E-state index contributed by atoms with van der Waals surface area (Å²) in [5.74, 6) is 0.680. The Hall–Kier alpha value is -2.31. The number of nitrogens with zero attached hydrogens (tertiary/aromatic N) is 1. The zero-order valence-electron chi connectivity index (χ0n) is 29.5. The number of aliphatic hydroxyl groups is 1. The summed E-state index contributed by atoms with van der Waals surface area (Å²) >= 11 is 0. The third kappa shape index (κ3) is 6.74. The molecule has 5 fully saturated rings. The minimum Gasteiger partial charge on any atom is -0.462 e. The molecule has 0 aromatic carbocycles. The number of quaternary nitrogens is 2. The van der Waals surface area contributed by atoms with Gasteiger partial charge in [0.15, 0.2) is 0 Å². The minimum absolute atomic E-state index is 0.0726. The maximum absolute atomic E-state index is 13.6. The molecule has 0 bridgehead atoms. The molecule has 1 amide bonds.